The van der Waals surface area contributed by atoms with E-state index in [0.29, 0.717) is 51.5 Å². The van der Waals surface area contributed by atoms with Gasteiger partial charge in [0.15, 0.2) is 16.6 Å². The normalized spacial score (nSPS) is 10.9. The summed E-state index contributed by atoms with van der Waals surface area (Å²) in [4.78, 5) is 56.7. The molecule has 10 heteroatoms. The van der Waals surface area contributed by atoms with E-state index in [1.54, 1.807) is 34.8 Å². The molecule has 0 bridgehead atoms. The van der Waals surface area contributed by atoms with Gasteiger partial charge in [0.1, 0.15) is 11.4 Å². The number of aromatic amines is 2. The molecule has 0 radical (unpaired) electrons. The van der Waals surface area contributed by atoms with Crippen molar-refractivity contribution in [3.05, 3.63) is 61.5 Å². The number of hydrogen-bond donors (Lipinski definition) is 2. The molecule has 2 N–H and O–H groups in total. The molecule has 9 nitrogen and oxygen atoms in total. The number of aromatic nitrogens is 2. The van der Waals surface area contributed by atoms with E-state index in [1.807, 2.05) is 6.07 Å². The van der Waals surface area contributed by atoms with Gasteiger partial charge in [-0.15, -0.1) is 11.3 Å². The van der Waals surface area contributed by atoms with E-state index in [4.69, 9.17) is 14.2 Å². The molecule has 3 rings (SSSR count). The SMILES string of the molecule is CCOC(=O)c1[nH]c(Cc2cc(Cc3[nH]c(C(=O)OCC)c(C)c3C(C)=O)c(OC)s2)c(C(C)=O)c1C. The largest absolute Gasteiger partial charge is 0.487 e. The van der Waals surface area contributed by atoms with Crippen LogP contribution in [-0.2, 0) is 22.3 Å². The molecule has 3 heterocycles. The van der Waals surface area contributed by atoms with E-state index in [0.717, 1.165) is 10.4 Å². The van der Waals surface area contributed by atoms with Crippen molar-refractivity contribution in [1.82, 2.24) is 9.97 Å². The van der Waals surface area contributed by atoms with Crippen LogP contribution < -0.4 is 4.74 Å². The minimum absolute atomic E-state index is 0.150. The van der Waals surface area contributed by atoms with Gasteiger partial charge in [-0.3, -0.25) is 9.59 Å². The lowest BCUT2D eigenvalue weighted by Gasteiger charge is -2.03. The molecular formula is C27H32N2O7S. The van der Waals surface area contributed by atoms with Crippen LogP contribution in [0.1, 0.15) is 102 Å². The van der Waals surface area contributed by atoms with Crippen LogP contribution in [0.4, 0.5) is 0 Å². The van der Waals surface area contributed by atoms with Gasteiger partial charge in [-0.1, -0.05) is 0 Å². The highest BCUT2D eigenvalue weighted by atomic mass is 32.1. The van der Waals surface area contributed by atoms with Crippen molar-refractivity contribution >= 4 is 34.8 Å². The summed E-state index contributed by atoms with van der Waals surface area (Å²) >= 11 is 1.41. The van der Waals surface area contributed by atoms with Gasteiger partial charge in [-0.2, -0.15) is 0 Å². The fraction of sp³-hybridized carbons (Fsp3) is 0.407. The molecule has 0 aliphatic heterocycles. The summed E-state index contributed by atoms with van der Waals surface area (Å²) in [5.41, 5.74) is 4.60. The van der Waals surface area contributed by atoms with Gasteiger partial charge < -0.3 is 24.2 Å². The Morgan fingerprint density at radius 2 is 1.27 bits per heavy atom. The number of thiophene rings is 1. The minimum atomic E-state index is -0.511. The van der Waals surface area contributed by atoms with Crippen LogP contribution in [0.3, 0.4) is 0 Å². The first-order chi connectivity index (χ1) is 17.5. The Kier molecular flexibility index (Phi) is 8.75. The van der Waals surface area contributed by atoms with E-state index in [9.17, 15) is 19.2 Å². The Morgan fingerprint density at radius 1 is 0.811 bits per heavy atom. The van der Waals surface area contributed by atoms with E-state index in [1.165, 1.54) is 25.2 Å². The zero-order chi connectivity index (χ0) is 27.4. The van der Waals surface area contributed by atoms with E-state index >= 15 is 0 Å². The fourth-order valence-corrected chi connectivity index (χ4v) is 5.57. The van der Waals surface area contributed by atoms with Crippen molar-refractivity contribution in [2.45, 2.75) is 54.4 Å². The number of methoxy groups -OCH3 is 1. The average Bonchev–Trinajstić information content (AvgIpc) is 3.47. The molecule has 198 valence electrons. The molecule has 3 aromatic heterocycles. The maximum absolute atomic E-state index is 12.4. The molecule has 0 aromatic carbocycles. The Hall–Kier alpha value is -3.66. The number of esters is 2. The Labute approximate surface area is 219 Å². The third-order valence-electron chi connectivity index (χ3n) is 6.04. The number of carbonyl (C=O) groups excluding carboxylic acids is 4. The average molecular weight is 529 g/mol. The summed E-state index contributed by atoms with van der Waals surface area (Å²) in [6.45, 7) is 10.3. The number of hydrogen-bond acceptors (Lipinski definition) is 8. The predicted molar refractivity (Wildman–Crippen MR) is 139 cm³/mol. The van der Waals surface area contributed by atoms with Gasteiger partial charge in [0.2, 0.25) is 0 Å². The zero-order valence-electron chi connectivity index (χ0n) is 22.2. The first kappa shape index (κ1) is 27.9. The van der Waals surface area contributed by atoms with Crippen molar-refractivity contribution in [2.75, 3.05) is 20.3 Å². The zero-order valence-corrected chi connectivity index (χ0v) is 23.0. The maximum Gasteiger partial charge on any atom is 0.355 e. The second-order valence-corrected chi connectivity index (χ2v) is 9.69. The van der Waals surface area contributed by atoms with Gasteiger partial charge in [0, 0.05) is 45.8 Å². The summed E-state index contributed by atoms with van der Waals surface area (Å²) in [5.74, 6) is -1.33. The highest BCUT2D eigenvalue weighted by molar-refractivity contribution is 7.14. The molecule has 0 saturated carbocycles. The van der Waals surface area contributed by atoms with Crippen LogP contribution in [-0.4, -0.2) is 53.8 Å². The summed E-state index contributed by atoms with van der Waals surface area (Å²) in [7, 11) is 1.56. The smallest absolute Gasteiger partial charge is 0.355 e. The first-order valence-corrected chi connectivity index (χ1v) is 12.8. The molecular weight excluding hydrogens is 496 g/mol. The van der Waals surface area contributed by atoms with Gasteiger partial charge in [-0.25, -0.2) is 9.59 Å². The summed E-state index contributed by atoms with van der Waals surface area (Å²) < 4.78 is 15.9. The second-order valence-electron chi connectivity index (χ2n) is 8.59. The molecule has 0 saturated heterocycles. The topological polar surface area (TPSA) is 128 Å². The summed E-state index contributed by atoms with van der Waals surface area (Å²) in [6.07, 6.45) is 0.694. The Morgan fingerprint density at radius 3 is 1.68 bits per heavy atom. The number of nitrogens with one attached hydrogen (secondary N) is 2. The number of H-pyrrole nitrogens is 2. The molecule has 3 aromatic rings. The lowest BCUT2D eigenvalue weighted by atomic mass is 10.0. The van der Waals surface area contributed by atoms with E-state index in [-0.39, 0.29) is 36.2 Å². The monoisotopic (exact) mass is 528 g/mol. The number of Topliss-reactive ketones (excluding diaryl/α,β-unsaturated/α-hetero) is 2. The lowest BCUT2D eigenvalue weighted by Crippen LogP contribution is -2.07. The summed E-state index contributed by atoms with van der Waals surface area (Å²) in [5, 5.41) is 0.646. The van der Waals surface area contributed by atoms with Crippen molar-refractivity contribution in [1.29, 1.82) is 0 Å². The Bertz CT molecular complexity index is 1360. The van der Waals surface area contributed by atoms with E-state index in [2.05, 4.69) is 9.97 Å². The van der Waals surface area contributed by atoms with Crippen LogP contribution in [0.2, 0.25) is 0 Å². The highest BCUT2D eigenvalue weighted by Gasteiger charge is 2.26. The standard InChI is InChI=1S/C27H32N2O7S/c1-8-35-25(32)23-13(3)21(15(5)30)19(28-23)11-17-10-18(37-27(17)34-7)12-20-22(16(6)31)14(4)24(29-20)26(33)36-9-2/h10,28-29H,8-9,11-12H2,1-7H3. The molecule has 0 aliphatic rings. The van der Waals surface area contributed by atoms with Crippen LogP contribution in [0.25, 0.3) is 0 Å². The van der Waals surface area contributed by atoms with Crippen molar-refractivity contribution in [2.24, 2.45) is 0 Å². The van der Waals surface area contributed by atoms with Gasteiger partial charge in [-0.05, 0) is 58.7 Å². The first-order valence-electron chi connectivity index (χ1n) is 12.0. The molecule has 0 spiro atoms. The van der Waals surface area contributed by atoms with Gasteiger partial charge in [0.05, 0.1) is 20.3 Å². The molecule has 0 amide bonds. The number of ketones is 2. The second kappa shape index (κ2) is 11.6. The molecule has 0 unspecified atom stereocenters. The maximum atomic E-state index is 12.4. The lowest BCUT2D eigenvalue weighted by molar-refractivity contribution is 0.0509. The quantitative estimate of drug-likeness (QED) is 0.266. The third-order valence-corrected chi connectivity index (χ3v) is 7.18. The number of rotatable bonds is 11. The van der Waals surface area contributed by atoms with Crippen LogP contribution >= 0.6 is 11.3 Å². The Balaban J connectivity index is 1.99. The minimum Gasteiger partial charge on any atom is -0.487 e. The fourth-order valence-electron chi connectivity index (χ4n) is 4.57. The predicted octanol–water partition coefficient (Wildman–Crippen LogP) is 4.97. The van der Waals surface area contributed by atoms with Gasteiger partial charge >= 0.3 is 11.9 Å². The summed E-state index contributed by atoms with van der Waals surface area (Å²) in [6, 6.07) is 1.94. The van der Waals surface area contributed by atoms with Crippen LogP contribution in [0.15, 0.2) is 6.07 Å². The third kappa shape index (κ3) is 5.69. The number of ether oxygens (including phenoxy) is 3. The molecule has 37 heavy (non-hydrogen) atoms. The highest BCUT2D eigenvalue weighted by Crippen LogP contribution is 2.35. The van der Waals surface area contributed by atoms with Crippen molar-refractivity contribution in [3.63, 3.8) is 0 Å². The van der Waals surface area contributed by atoms with Crippen LogP contribution in [0.5, 0.6) is 5.06 Å². The molecule has 0 aliphatic carbocycles. The van der Waals surface area contributed by atoms with Gasteiger partial charge in [0.25, 0.3) is 0 Å². The van der Waals surface area contributed by atoms with Crippen LogP contribution in [0, 0.1) is 13.8 Å². The van der Waals surface area contributed by atoms with Crippen molar-refractivity contribution in [3.8, 4) is 5.06 Å². The van der Waals surface area contributed by atoms with E-state index < -0.39 is 11.9 Å². The van der Waals surface area contributed by atoms with Crippen molar-refractivity contribution < 1.29 is 33.4 Å². The molecule has 0 atom stereocenters. The molecule has 0 fully saturated rings. The number of carbonyl (C=O) groups is 4.